The molecule has 22 heavy (non-hydrogen) atoms. The van der Waals surface area contributed by atoms with E-state index in [0.29, 0.717) is 11.1 Å². The maximum absolute atomic E-state index is 12.2. The zero-order valence-corrected chi connectivity index (χ0v) is 12.8. The Morgan fingerprint density at radius 1 is 1.27 bits per heavy atom. The predicted octanol–water partition coefficient (Wildman–Crippen LogP) is 0.413. The van der Waals surface area contributed by atoms with E-state index in [1.807, 2.05) is 6.07 Å². The van der Waals surface area contributed by atoms with Crippen LogP contribution < -0.4 is 5.32 Å². The van der Waals surface area contributed by atoms with Crippen molar-refractivity contribution >= 4 is 21.8 Å². The molecule has 3 amide bonds. The minimum Gasteiger partial charge on any atom is -0.326 e. The van der Waals surface area contributed by atoms with Crippen LogP contribution in [0.25, 0.3) is 0 Å². The first-order chi connectivity index (χ1) is 10.3. The van der Waals surface area contributed by atoms with Crippen LogP contribution in [0.15, 0.2) is 24.3 Å². The fraction of sp³-hybridized carbons (Fsp3) is 0.357. The van der Waals surface area contributed by atoms with Crippen LogP contribution in [0.2, 0.25) is 0 Å². The average molecular weight is 321 g/mol. The third-order valence-electron chi connectivity index (χ3n) is 3.31. The predicted molar refractivity (Wildman–Crippen MR) is 78.4 cm³/mol. The van der Waals surface area contributed by atoms with E-state index in [4.69, 9.17) is 5.26 Å². The Kier molecular flexibility index (Phi) is 4.47. The normalized spacial score (nSPS) is 18.2. The maximum atomic E-state index is 12.2. The number of nitrogens with zero attached hydrogens (tertiary/aromatic N) is 2. The largest absolute Gasteiger partial charge is 0.326 e. The highest BCUT2D eigenvalue weighted by Gasteiger charge is 2.37. The fourth-order valence-electron chi connectivity index (χ4n) is 2.12. The number of carbonyl (C=O) groups excluding carboxylic acids is 2. The van der Waals surface area contributed by atoms with Crippen LogP contribution in [0.5, 0.6) is 0 Å². The van der Waals surface area contributed by atoms with Crippen molar-refractivity contribution < 1.29 is 18.0 Å². The number of nitriles is 1. The number of hydrogen-bond donors (Lipinski definition) is 1. The van der Waals surface area contributed by atoms with E-state index < -0.39 is 27.8 Å². The van der Waals surface area contributed by atoms with Gasteiger partial charge in [0.05, 0.1) is 23.9 Å². The lowest BCUT2D eigenvalue weighted by atomic mass is 10.1. The van der Waals surface area contributed by atoms with Gasteiger partial charge in [0, 0.05) is 6.26 Å². The van der Waals surface area contributed by atoms with E-state index in [1.165, 1.54) is 0 Å². The first-order valence-electron chi connectivity index (χ1n) is 6.59. The number of imide groups is 1. The second-order valence-electron chi connectivity index (χ2n) is 5.15. The molecular weight excluding hydrogens is 306 g/mol. The topological polar surface area (TPSA) is 107 Å². The number of rotatable bonds is 5. The highest BCUT2D eigenvalue weighted by Crippen LogP contribution is 2.15. The summed E-state index contributed by atoms with van der Waals surface area (Å²) in [6.07, 6.45) is 1.15. The molecule has 116 valence electrons. The van der Waals surface area contributed by atoms with Gasteiger partial charge in [-0.2, -0.15) is 5.26 Å². The van der Waals surface area contributed by atoms with E-state index in [9.17, 15) is 18.0 Å². The van der Waals surface area contributed by atoms with Gasteiger partial charge in [-0.25, -0.2) is 13.2 Å². The van der Waals surface area contributed by atoms with Gasteiger partial charge < -0.3 is 5.32 Å². The first-order valence-corrected chi connectivity index (χ1v) is 8.65. The van der Waals surface area contributed by atoms with Gasteiger partial charge in [-0.3, -0.25) is 9.69 Å². The molecule has 1 aliphatic heterocycles. The van der Waals surface area contributed by atoms with Gasteiger partial charge in [0.1, 0.15) is 15.9 Å². The van der Waals surface area contributed by atoms with Gasteiger partial charge in [0.2, 0.25) is 0 Å². The summed E-state index contributed by atoms with van der Waals surface area (Å²) in [5.41, 5.74) is 1.21. The zero-order chi connectivity index (χ0) is 16.3. The number of hydrogen-bond acceptors (Lipinski definition) is 5. The summed E-state index contributed by atoms with van der Waals surface area (Å²) >= 11 is 0. The lowest BCUT2D eigenvalue weighted by molar-refractivity contribution is -0.127. The minimum absolute atomic E-state index is 0.0628. The number of carbonyl (C=O) groups is 2. The summed E-state index contributed by atoms with van der Waals surface area (Å²) in [4.78, 5) is 25.0. The van der Waals surface area contributed by atoms with E-state index in [2.05, 4.69) is 5.32 Å². The van der Waals surface area contributed by atoms with Crippen molar-refractivity contribution in [3.8, 4) is 6.07 Å². The van der Waals surface area contributed by atoms with Crippen LogP contribution in [-0.4, -0.2) is 43.3 Å². The van der Waals surface area contributed by atoms with E-state index in [-0.39, 0.29) is 18.7 Å². The van der Waals surface area contributed by atoms with Crippen molar-refractivity contribution in [1.82, 2.24) is 10.2 Å². The summed E-state index contributed by atoms with van der Waals surface area (Å²) < 4.78 is 22.3. The second-order valence-corrected chi connectivity index (χ2v) is 7.41. The van der Waals surface area contributed by atoms with Crippen molar-refractivity contribution in [2.45, 2.75) is 19.0 Å². The van der Waals surface area contributed by atoms with Crippen molar-refractivity contribution in [2.24, 2.45) is 0 Å². The molecule has 8 heteroatoms. The lowest BCUT2D eigenvalue weighted by Gasteiger charge is -2.13. The van der Waals surface area contributed by atoms with Crippen molar-refractivity contribution in [3.05, 3.63) is 35.4 Å². The summed E-state index contributed by atoms with van der Waals surface area (Å²) in [7, 11) is -3.19. The summed E-state index contributed by atoms with van der Waals surface area (Å²) in [5, 5.41) is 11.2. The Morgan fingerprint density at radius 2 is 1.91 bits per heavy atom. The fourth-order valence-corrected chi connectivity index (χ4v) is 2.79. The molecule has 1 aromatic rings. The molecule has 1 saturated heterocycles. The van der Waals surface area contributed by atoms with Gasteiger partial charge in [0.25, 0.3) is 5.91 Å². The first kappa shape index (κ1) is 16.0. The third-order valence-corrected chi connectivity index (χ3v) is 4.29. The molecular formula is C14H15N3O4S. The Labute approximate surface area is 128 Å². The molecule has 2 rings (SSSR count). The van der Waals surface area contributed by atoms with Crippen LogP contribution in [0.1, 0.15) is 17.5 Å². The molecule has 7 nitrogen and oxygen atoms in total. The van der Waals surface area contributed by atoms with Crippen LogP contribution in [0.3, 0.4) is 0 Å². The van der Waals surface area contributed by atoms with Crippen molar-refractivity contribution in [3.63, 3.8) is 0 Å². The molecule has 0 radical (unpaired) electrons. The van der Waals surface area contributed by atoms with E-state index >= 15 is 0 Å². The van der Waals surface area contributed by atoms with Crippen molar-refractivity contribution in [1.29, 1.82) is 5.26 Å². The highest BCUT2D eigenvalue weighted by atomic mass is 32.2. The van der Waals surface area contributed by atoms with Gasteiger partial charge in [-0.15, -0.1) is 0 Å². The summed E-state index contributed by atoms with van der Waals surface area (Å²) in [5.74, 6) is -0.591. The molecule has 1 N–H and O–H groups in total. The SMILES string of the molecule is CS(=O)(=O)CC[C@@H]1NC(=O)N(Cc2ccc(C#N)cc2)C1=O. The number of nitrogens with one attached hydrogen (secondary N) is 1. The quantitative estimate of drug-likeness (QED) is 0.791. The Bertz CT molecular complexity index is 734. The van der Waals surface area contributed by atoms with Crippen LogP contribution >= 0.6 is 0 Å². The molecule has 0 spiro atoms. The Morgan fingerprint density at radius 3 is 2.45 bits per heavy atom. The van der Waals surface area contributed by atoms with E-state index in [1.54, 1.807) is 24.3 Å². The number of sulfone groups is 1. The van der Waals surface area contributed by atoms with Crippen LogP contribution in [-0.2, 0) is 21.2 Å². The molecule has 1 fully saturated rings. The molecule has 1 aliphatic rings. The molecule has 0 aliphatic carbocycles. The van der Waals surface area contributed by atoms with Gasteiger partial charge in [-0.05, 0) is 24.1 Å². The number of amides is 3. The summed E-state index contributed by atoms with van der Waals surface area (Å²) in [6.45, 7) is 0.0890. The third kappa shape index (κ3) is 3.83. The minimum atomic E-state index is -3.19. The molecule has 1 atom stereocenters. The molecule has 1 heterocycles. The van der Waals surface area contributed by atoms with Gasteiger partial charge in [-0.1, -0.05) is 12.1 Å². The molecule has 0 bridgehead atoms. The molecule has 1 aromatic carbocycles. The lowest BCUT2D eigenvalue weighted by Crippen LogP contribution is -2.32. The summed E-state index contributed by atoms with van der Waals surface area (Å²) in [6, 6.07) is 7.20. The van der Waals surface area contributed by atoms with Gasteiger partial charge >= 0.3 is 6.03 Å². The van der Waals surface area contributed by atoms with Gasteiger partial charge in [0.15, 0.2) is 0 Å². The molecule has 0 unspecified atom stereocenters. The highest BCUT2D eigenvalue weighted by molar-refractivity contribution is 7.90. The second kappa shape index (κ2) is 6.15. The number of urea groups is 1. The standard InChI is InChI=1S/C14H15N3O4S/c1-22(20,21)7-6-12-13(18)17(14(19)16-12)9-11-4-2-10(8-15)3-5-11/h2-5,12H,6-7,9H2,1H3,(H,16,19)/t12-/m0/s1. The zero-order valence-electron chi connectivity index (χ0n) is 11.9. The van der Waals surface area contributed by atoms with Crippen LogP contribution in [0, 0.1) is 11.3 Å². The maximum Gasteiger partial charge on any atom is 0.325 e. The van der Waals surface area contributed by atoms with Crippen molar-refractivity contribution in [2.75, 3.05) is 12.0 Å². The Hall–Kier alpha value is -2.40. The number of benzene rings is 1. The monoisotopic (exact) mass is 321 g/mol. The van der Waals surface area contributed by atoms with Crippen LogP contribution in [0.4, 0.5) is 4.79 Å². The molecule has 0 aromatic heterocycles. The molecule has 0 saturated carbocycles. The average Bonchev–Trinajstić information content (AvgIpc) is 2.73. The Balaban J connectivity index is 2.04. The van der Waals surface area contributed by atoms with E-state index in [0.717, 1.165) is 11.2 Å². The smallest absolute Gasteiger partial charge is 0.325 e.